The second-order valence-corrected chi connectivity index (χ2v) is 7.85. The molecule has 0 bridgehead atoms. The van der Waals surface area contributed by atoms with Crippen LogP contribution < -0.4 is 0 Å². The number of halogens is 1. The van der Waals surface area contributed by atoms with Crippen LogP contribution in [0.2, 0.25) is 0 Å². The smallest absolute Gasteiger partial charge is 0.217 e. The van der Waals surface area contributed by atoms with Crippen molar-refractivity contribution < 1.29 is 13.2 Å². The maximum Gasteiger partial charge on any atom is 0.217 e. The van der Waals surface area contributed by atoms with Gasteiger partial charge in [0, 0.05) is 31.6 Å². The quantitative estimate of drug-likeness (QED) is 0.737. The topological polar surface area (TPSA) is 46.6 Å². The SMILES string of the molecule is O=S(=O)(C1CCOCC1)N1CCC(CCBr)C1. The molecule has 0 radical (unpaired) electrons. The van der Waals surface area contributed by atoms with E-state index in [0.717, 1.165) is 18.2 Å². The summed E-state index contributed by atoms with van der Waals surface area (Å²) in [5.41, 5.74) is 0. The normalized spacial score (nSPS) is 28.6. The van der Waals surface area contributed by atoms with Crippen molar-refractivity contribution in [2.45, 2.75) is 30.9 Å². The lowest BCUT2D eigenvalue weighted by molar-refractivity contribution is 0.0973. The molecule has 2 heterocycles. The lowest BCUT2D eigenvalue weighted by Crippen LogP contribution is -2.40. The third-order valence-corrected chi connectivity index (χ3v) is 6.54. The summed E-state index contributed by atoms with van der Waals surface area (Å²) < 4.78 is 31.7. The molecule has 17 heavy (non-hydrogen) atoms. The highest BCUT2D eigenvalue weighted by molar-refractivity contribution is 9.09. The molecule has 2 fully saturated rings. The molecule has 0 saturated carbocycles. The van der Waals surface area contributed by atoms with Crippen LogP contribution in [0.5, 0.6) is 0 Å². The van der Waals surface area contributed by atoms with E-state index in [4.69, 9.17) is 4.74 Å². The van der Waals surface area contributed by atoms with E-state index in [0.29, 0.717) is 45.1 Å². The molecule has 0 aliphatic carbocycles. The van der Waals surface area contributed by atoms with Crippen LogP contribution >= 0.6 is 15.9 Å². The summed E-state index contributed by atoms with van der Waals surface area (Å²) in [5.74, 6) is 0.531. The van der Waals surface area contributed by atoms with E-state index in [-0.39, 0.29) is 5.25 Å². The summed E-state index contributed by atoms with van der Waals surface area (Å²) in [4.78, 5) is 0. The third kappa shape index (κ3) is 3.22. The third-order valence-electron chi connectivity index (χ3n) is 3.72. The van der Waals surface area contributed by atoms with Gasteiger partial charge in [-0.25, -0.2) is 12.7 Å². The predicted octanol–water partition coefficient (Wildman–Crippen LogP) is 1.60. The Morgan fingerprint density at radius 1 is 1.24 bits per heavy atom. The van der Waals surface area contributed by atoms with Crippen molar-refractivity contribution in [2.24, 2.45) is 5.92 Å². The minimum absolute atomic E-state index is 0.209. The highest BCUT2D eigenvalue weighted by atomic mass is 79.9. The van der Waals surface area contributed by atoms with Gasteiger partial charge in [0.2, 0.25) is 10.0 Å². The Hall–Kier alpha value is 0.350. The number of hydrogen-bond acceptors (Lipinski definition) is 3. The lowest BCUT2D eigenvalue weighted by Gasteiger charge is -2.27. The van der Waals surface area contributed by atoms with E-state index in [1.165, 1.54) is 0 Å². The number of rotatable bonds is 4. The Morgan fingerprint density at radius 3 is 2.59 bits per heavy atom. The summed E-state index contributed by atoms with van der Waals surface area (Å²) in [7, 11) is -3.07. The van der Waals surface area contributed by atoms with E-state index in [2.05, 4.69) is 15.9 Å². The largest absolute Gasteiger partial charge is 0.381 e. The van der Waals surface area contributed by atoms with E-state index in [1.54, 1.807) is 4.31 Å². The Bertz CT molecular complexity index is 341. The van der Waals surface area contributed by atoms with Crippen LogP contribution in [0.15, 0.2) is 0 Å². The van der Waals surface area contributed by atoms with Gasteiger partial charge in [-0.05, 0) is 31.6 Å². The molecule has 2 rings (SSSR count). The van der Waals surface area contributed by atoms with Gasteiger partial charge < -0.3 is 4.74 Å². The van der Waals surface area contributed by atoms with E-state index < -0.39 is 10.0 Å². The highest BCUT2D eigenvalue weighted by Crippen LogP contribution is 2.27. The van der Waals surface area contributed by atoms with Crippen LogP contribution in [0.1, 0.15) is 25.7 Å². The fourth-order valence-corrected chi connectivity index (χ4v) is 5.24. The van der Waals surface area contributed by atoms with Crippen molar-refractivity contribution in [2.75, 3.05) is 31.6 Å². The molecule has 4 nitrogen and oxygen atoms in total. The minimum Gasteiger partial charge on any atom is -0.381 e. The van der Waals surface area contributed by atoms with Gasteiger partial charge >= 0.3 is 0 Å². The van der Waals surface area contributed by atoms with E-state index in [1.807, 2.05) is 0 Å². The maximum absolute atomic E-state index is 12.4. The van der Waals surface area contributed by atoms with Crippen LogP contribution in [0, 0.1) is 5.92 Å². The molecular weight excluding hydrogens is 306 g/mol. The van der Waals surface area contributed by atoms with Crippen molar-refractivity contribution in [1.29, 1.82) is 0 Å². The van der Waals surface area contributed by atoms with Crippen LogP contribution in [0.4, 0.5) is 0 Å². The predicted molar refractivity (Wildman–Crippen MR) is 70.9 cm³/mol. The lowest BCUT2D eigenvalue weighted by atomic mass is 10.1. The standard InChI is InChI=1S/C11H20BrNO3S/c12-5-1-10-2-6-13(9-10)17(14,15)11-3-7-16-8-4-11/h10-11H,1-9H2. The van der Waals surface area contributed by atoms with Crippen LogP contribution in [-0.2, 0) is 14.8 Å². The molecule has 0 N–H and O–H groups in total. The van der Waals surface area contributed by atoms with Gasteiger partial charge in [0.05, 0.1) is 5.25 Å². The molecule has 0 spiro atoms. The second-order valence-electron chi connectivity index (χ2n) is 4.85. The highest BCUT2D eigenvalue weighted by Gasteiger charge is 2.37. The Balaban J connectivity index is 1.96. The first-order valence-electron chi connectivity index (χ1n) is 6.27. The Labute approximate surface area is 112 Å². The fraction of sp³-hybridized carbons (Fsp3) is 1.00. The second kappa shape index (κ2) is 5.99. The average Bonchev–Trinajstić information content (AvgIpc) is 2.80. The van der Waals surface area contributed by atoms with Crippen LogP contribution in [-0.4, -0.2) is 49.6 Å². The molecule has 0 aromatic rings. The maximum atomic E-state index is 12.4. The Kier molecular flexibility index (Phi) is 4.86. The number of nitrogens with zero attached hydrogens (tertiary/aromatic N) is 1. The van der Waals surface area contributed by atoms with Gasteiger partial charge in [0.25, 0.3) is 0 Å². The van der Waals surface area contributed by atoms with Crippen LogP contribution in [0.3, 0.4) is 0 Å². The van der Waals surface area contributed by atoms with Gasteiger partial charge in [-0.3, -0.25) is 0 Å². The van der Waals surface area contributed by atoms with Crippen molar-refractivity contribution >= 4 is 26.0 Å². The first-order chi connectivity index (χ1) is 8.14. The number of sulfonamides is 1. The molecular formula is C11H20BrNO3S. The summed E-state index contributed by atoms with van der Waals surface area (Å²) in [5, 5.41) is 0.752. The molecule has 2 aliphatic rings. The zero-order valence-corrected chi connectivity index (χ0v) is 12.4. The van der Waals surface area contributed by atoms with Crippen molar-refractivity contribution in [3.8, 4) is 0 Å². The van der Waals surface area contributed by atoms with Gasteiger partial charge in [-0.15, -0.1) is 0 Å². The van der Waals surface area contributed by atoms with Crippen molar-refractivity contribution in [1.82, 2.24) is 4.31 Å². The summed E-state index contributed by atoms with van der Waals surface area (Å²) in [6.45, 7) is 2.59. The summed E-state index contributed by atoms with van der Waals surface area (Å²) in [6.07, 6.45) is 3.39. The minimum atomic E-state index is -3.07. The average molecular weight is 326 g/mol. The monoisotopic (exact) mass is 325 g/mol. The molecule has 1 unspecified atom stereocenters. The molecule has 2 saturated heterocycles. The molecule has 2 aliphatic heterocycles. The zero-order valence-electron chi connectivity index (χ0n) is 9.98. The first-order valence-corrected chi connectivity index (χ1v) is 8.89. The number of hydrogen-bond donors (Lipinski definition) is 0. The van der Waals surface area contributed by atoms with Gasteiger partial charge in [0.15, 0.2) is 0 Å². The fourth-order valence-electron chi connectivity index (χ4n) is 2.60. The number of ether oxygens (including phenoxy) is 1. The van der Waals surface area contributed by atoms with Crippen molar-refractivity contribution in [3.63, 3.8) is 0 Å². The summed E-state index contributed by atoms with van der Waals surface area (Å²) in [6, 6.07) is 0. The molecule has 0 aromatic heterocycles. The molecule has 0 amide bonds. The molecule has 6 heteroatoms. The molecule has 1 atom stereocenters. The van der Waals surface area contributed by atoms with Gasteiger partial charge in [-0.1, -0.05) is 15.9 Å². The Morgan fingerprint density at radius 2 is 1.94 bits per heavy atom. The molecule has 100 valence electrons. The first kappa shape index (κ1) is 13.8. The number of alkyl halides is 1. The van der Waals surface area contributed by atoms with E-state index >= 15 is 0 Å². The van der Waals surface area contributed by atoms with Gasteiger partial charge in [-0.2, -0.15) is 0 Å². The van der Waals surface area contributed by atoms with Crippen LogP contribution in [0.25, 0.3) is 0 Å². The zero-order chi connectivity index (χ0) is 12.3. The van der Waals surface area contributed by atoms with E-state index in [9.17, 15) is 8.42 Å². The van der Waals surface area contributed by atoms with Gasteiger partial charge in [0.1, 0.15) is 0 Å². The summed E-state index contributed by atoms with van der Waals surface area (Å²) >= 11 is 3.42. The molecule has 0 aromatic carbocycles. The van der Waals surface area contributed by atoms with Crippen molar-refractivity contribution in [3.05, 3.63) is 0 Å².